The second-order valence-corrected chi connectivity index (χ2v) is 0.224. The standard InChI is InChI=1S/C2H3N.CH3O.Na/c1-2-3;1-2;/h1H3;1H3;/q;-1;+1. The largest absolute Gasteiger partial charge is 1.00 e. The minimum atomic E-state index is 0. The van der Waals surface area contributed by atoms with Gasteiger partial charge in [-0.2, -0.15) is 12.4 Å². The second-order valence-electron chi connectivity index (χ2n) is 0.224. The molecule has 0 radical (unpaired) electrons. The summed E-state index contributed by atoms with van der Waals surface area (Å²) in [5.41, 5.74) is 0. The Morgan fingerprint density at radius 3 is 1.50 bits per heavy atom. The van der Waals surface area contributed by atoms with E-state index in [0.29, 0.717) is 0 Å². The Morgan fingerprint density at radius 2 is 1.50 bits per heavy atom. The van der Waals surface area contributed by atoms with Crippen molar-refractivity contribution < 1.29 is 34.7 Å². The molecule has 0 rings (SSSR count). The monoisotopic (exact) mass is 95.0 g/mol. The van der Waals surface area contributed by atoms with Crippen LogP contribution in [0.3, 0.4) is 0 Å². The Balaban J connectivity index is -0.0000000275. The third-order valence-electron chi connectivity index (χ3n) is 0. The quantitative estimate of drug-likeness (QED) is 0.293. The van der Waals surface area contributed by atoms with E-state index >= 15 is 0 Å². The Bertz CT molecular complexity index is 32.3. The van der Waals surface area contributed by atoms with Gasteiger partial charge in [-0.05, 0) is 0 Å². The summed E-state index contributed by atoms with van der Waals surface area (Å²) in [4.78, 5) is 0. The zero-order valence-corrected chi connectivity index (χ0v) is 6.36. The fourth-order valence-corrected chi connectivity index (χ4v) is 0. The topological polar surface area (TPSA) is 46.8 Å². The van der Waals surface area contributed by atoms with Crippen molar-refractivity contribution in [3.8, 4) is 6.07 Å². The molecule has 0 spiro atoms. The van der Waals surface area contributed by atoms with E-state index in [0.717, 1.165) is 7.11 Å². The maximum Gasteiger partial charge on any atom is 1.00 e. The molecular formula is C3H6NNaO. The molecule has 0 aliphatic carbocycles. The van der Waals surface area contributed by atoms with Crippen LogP contribution in [0.5, 0.6) is 0 Å². The van der Waals surface area contributed by atoms with Crippen LogP contribution in [0.4, 0.5) is 0 Å². The van der Waals surface area contributed by atoms with Gasteiger partial charge in [0.05, 0.1) is 6.07 Å². The van der Waals surface area contributed by atoms with Gasteiger partial charge in [0, 0.05) is 6.92 Å². The molecule has 0 aromatic heterocycles. The van der Waals surface area contributed by atoms with Gasteiger partial charge in [0.15, 0.2) is 0 Å². The Morgan fingerprint density at radius 1 is 1.50 bits per heavy atom. The van der Waals surface area contributed by atoms with Gasteiger partial charge in [-0.15, -0.1) is 0 Å². The van der Waals surface area contributed by atoms with Crippen LogP contribution in [0.1, 0.15) is 6.92 Å². The Hall–Kier alpha value is 0.450. The SMILES string of the molecule is CC#N.C[O-].[Na+]. The van der Waals surface area contributed by atoms with E-state index in [1.807, 2.05) is 0 Å². The molecule has 2 nitrogen and oxygen atoms in total. The molecule has 0 aliphatic rings. The van der Waals surface area contributed by atoms with Crippen molar-refractivity contribution in [1.82, 2.24) is 0 Å². The molecule has 0 saturated heterocycles. The molecular weight excluding hydrogens is 89.0 g/mol. The number of nitriles is 1. The summed E-state index contributed by atoms with van der Waals surface area (Å²) in [6.07, 6.45) is 0. The van der Waals surface area contributed by atoms with Crippen LogP contribution in [0.2, 0.25) is 0 Å². The van der Waals surface area contributed by atoms with E-state index in [9.17, 15) is 0 Å². The average Bonchev–Trinajstić information content (AvgIpc) is 1.46. The van der Waals surface area contributed by atoms with Crippen molar-refractivity contribution in [2.75, 3.05) is 7.11 Å². The molecule has 0 fully saturated rings. The van der Waals surface area contributed by atoms with E-state index in [4.69, 9.17) is 10.4 Å². The van der Waals surface area contributed by atoms with Crippen molar-refractivity contribution in [2.24, 2.45) is 0 Å². The summed E-state index contributed by atoms with van der Waals surface area (Å²) < 4.78 is 0. The summed E-state index contributed by atoms with van der Waals surface area (Å²) >= 11 is 0. The van der Waals surface area contributed by atoms with Gasteiger partial charge in [-0.3, -0.25) is 0 Å². The summed E-state index contributed by atoms with van der Waals surface area (Å²) in [5, 5.41) is 15.6. The van der Waals surface area contributed by atoms with Crippen LogP contribution in [0.15, 0.2) is 0 Å². The Labute approximate surface area is 60.1 Å². The van der Waals surface area contributed by atoms with Crippen LogP contribution in [0.25, 0.3) is 0 Å². The smallest absolute Gasteiger partial charge is 0.857 e. The zero-order chi connectivity index (χ0) is 4.71. The maximum absolute atomic E-state index is 8.25. The van der Waals surface area contributed by atoms with E-state index < -0.39 is 0 Å². The molecule has 0 atom stereocenters. The van der Waals surface area contributed by atoms with Gasteiger partial charge in [-0.1, -0.05) is 0 Å². The molecule has 6 heavy (non-hydrogen) atoms. The van der Waals surface area contributed by atoms with Gasteiger partial charge >= 0.3 is 29.6 Å². The predicted octanol–water partition coefficient (Wildman–Crippen LogP) is -3.49. The molecule has 0 bridgehead atoms. The van der Waals surface area contributed by atoms with Crippen LogP contribution >= 0.6 is 0 Å². The average molecular weight is 95.1 g/mol. The van der Waals surface area contributed by atoms with E-state index in [1.165, 1.54) is 6.92 Å². The van der Waals surface area contributed by atoms with Crippen molar-refractivity contribution in [3.05, 3.63) is 0 Å². The summed E-state index contributed by atoms with van der Waals surface area (Å²) in [5.74, 6) is 0. The first-order valence-corrected chi connectivity index (χ1v) is 1.13. The molecule has 0 unspecified atom stereocenters. The van der Waals surface area contributed by atoms with E-state index in [-0.39, 0.29) is 29.6 Å². The molecule has 0 amide bonds. The van der Waals surface area contributed by atoms with Crippen molar-refractivity contribution in [3.63, 3.8) is 0 Å². The molecule has 0 saturated carbocycles. The first kappa shape index (κ1) is 16.1. The number of hydrogen-bond acceptors (Lipinski definition) is 2. The molecule has 30 valence electrons. The summed E-state index contributed by atoms with van der Waals surface area (Å²) in [7, 11) is 0.750. The molecule has 3 heteroatoms. The normalized spacial score (nSPS) is 2.33. The first-order valence-electron chi connectivity index (χ1n) is 1.13. The summed E-state index contributed by atoms with van der Waals surface area (Å²) in [6, 6.07) is 1.75. The van der Waals surface area contributed by atoms with Crippen molar-refractivity contribution >= 4 is 0 Å². The van der Waals surface area contributed by atoms with Gasteiger partial charge in [-0.25, -0.2) is 0 Å². The maximum atomic E-state index is 8.25. The minimum absolute atomic E-state index is 0. The van der Waals surface area contributed by atoms with Crippen LogP contribution in [-0.2, 0) is 0 Å². The van der Waals surface area contributed by atoms with Crippen LogP contribution in [-0.4, -0.2) is 7.11 Å². The number of hydrogen-bond donors (Lipinski definition) is 0. The molecule has 0 heterocycles. The molecule has 0 aromatic carbocycles. The van der Waals surface area contributed by atoms with E-state index in [2.05, 4.69) is 0 Å². The number of nitrogens with zero attached hydrogens (tertiary/aromatic N) is 1. The van der Waals surface area contributed by atoms with Crippen LogP contribution < -0.4 is 34.7 Å². The fourth-order valence-electron chi connectivity index (χ4n) is 0. The molecule has 0 aliphatic heterocycles. The Kier molecular flexibility index (Phi) is 138. The van der Waals surface area contributed by atoms with Crippen LogP contribution in [0, 0.1) is 11.3 Å². The van der Waals surface area contributed by atoms with Crippen molar-refractivity contribution in [2.45, 2.75) is 6.92 Å². The first-order chi connectivity index (χ1) is 2.41. The van der Waals surface area contributed by atoms with Gasteiger partial charge in [0.1, 0.15) is 0 Å². The minimum Gasteiger partial charge on any atom is -0.857 e. The third-order valence-corrected chi connectivity index (χ3v) is 0. The fraction of sp³-hybridized carbons (Fsp3) is 0.667. The third kappa shape index (κ3) is 262. The van der Waals surface area contributed by atoms with Gasteiger partial charge in [0.2, 0.25) is 0 Å². The number of rotatable bonds is 0. The van der Waals surface area contributed by atoms with Crippen molar-refractivity contribution in [1.29, 1.82) is 5.26 Å². The molecule has 0 aromatic rings. The zero-order valence-electron chi connectivity index (χ0n) is 4.36. The summed E-state index contributed by atoms with van der Waals surface area (Å²) in [6.45, 7) is 1.43. The predicted molar refractivity (Wildman–Crippen MR) is 17.2 cm³/mol. The van der Waals surface area contributed by atoms with E-state index in [1.54, 1.807) is 6.07 Å². The molecule has 0 N–H and O–H groups in total. The second kappa shape index (κ2) is 51.3. The van der Waals surface area contributed by atoms with Gasteiger partial charge < -0.3 is 5.11 Å². The van der Waals surface area contributed by atoms with Gasteiger partial charge in [0.25, 0.3) is 0 Å².